The van der Waals surface area contributed by atoms with E-state index < -0.39 is 17.9 Å². The molecule has 0 rings (SSSR count). The van der Waals surface area contributed by atoms with Gasteiger partial charge in [-0.25, -0.2) is 0 Å². The van der Waals surface area contributed by atoms with Gasteiger partial charge in [-0.3, -0.25) is 9.59 Å². The maximum absolute atomic E-state index is 11.6. The molecule has 156 valence electrons. The molecule has 0 bridgehead atoms. The van der Waals surface area contributed by atoms with Gasteiger partial charge in [0.15, 0.2) is 5.92 Å². The van der Waals surface area contributed by atoms with Crippen molar-refractivity contribution in [3.05, 3.63) is 24.3 Å². The van der Waals surface area contributed by atoms with Crippen molar-refractivity contribution >= 4 is 11.9 Å². The van der Waals surface area contributed by atoms with Crippen LogP contribution in [0.15, 0.2) is 24.3 Å². The predicted octanol–water partition coefficient (Wildman–Crippen LogP) is 6.15. The Balaban J connectivity index is 3.54. The third kappa shape index (κ3) is 15.2. The number of hydrogen-bond acceptors (Lipinski definition) is 4. The van der Waals surface area contributed by atoms with Crippen LogP contribution >= 0.6 is 0 Å². The van der Waals surface area contributed by atoms with Crippen LogP contribution in [0.2, 0.25) is 0 Å². The Bertz CT molecular complexity index is 410. The van der Waals surface area contributed by atoms with Crippen molar-refractivity contribution in [3.8, 4) is 0 Å². The van der Waals surface area contributed by atoms with Crippen molar-refractivity contribution in [1.29, 1.82) is 0 Å². The molecule has 0 heterocycles. The first kappa shape index (κ1) is 25.4. The average Bonchev–Trinajstić information content (AvgIpc) is 2.69. The third-order valence-corrected chi connectivity index (χ3v) is 4.66. The summed E-state index contributed by atoms with van der Waals surface area (Å²) in [6.07, 6.45) is 23.6. The van der Waals surface area contributed by atoms with Gasteiger partial charge in [-0.1, -0.05) is 76.2 Å². The summed E-state index contributed by atoms with van der Waals surface area (Å²) in [5.41, 5.74) is 0. The molecular weight excluding hydrogens is 340 g/mol. The summed E-state index contributed by atoms with van der Waals surface area (Å²) in [4.78, 5) is 23.1. The Morgan fingerprint density at radius 1 is 0.704 bits per heavy atom. The normalized spacial score (nSPS) is 11.6. The number of esters is 2. The number of methoxy groups -OCH3 is 2. The summed E-state index contributed by atoms with van der Waals surface area (Å²) in [6, 6.07) is 0. The second kappa shape index (κ2) is 19.2. The first-order chi connectivity index (χ1) is 13.2. The van der Waals surface area contributed by atoms with Gasteiger partial charge in [-0.2, -0.15) is 0 Å². The number of ether oxygens (including phenoxy) is 2. The summed E-state index contributed by atoms with van der Waals surface area (Å²) in [5.74, 6) is -1.76. The Hall–Kier alpha value is -1.58. The molecule has 0 fully saturated rings. The average molecular weight is 381 g/mol. The van der Waals surface area contributed by atoms with E-state index in [0.29, 0.717) is 6.42 Å². The lowest BCUT2D eigenvalue weighted by Crippen LogP contribution is -2.26. The first-order valence-electron chi connectivity index (χ1n) is 10.6. The zero-order valence-electron chi connectivity index (χ0n) is 17.7. The molecule has 0 aliphatic carbocycles. The van der Waals surface area contributed by atoms with Crippen LogP contribution in [0.25, 0.3) is 0 Å². The molecule has 4 heteroatoms. The van der Waals surface area contributed by atoms with E-state index in [1.54, 1.807) is 0 Å². The Morgan fingerprint density at radius 2 is 1.19 bits per heavy atom. The van der Waals surface area contributed by atoms with E-state index in [4.69, 9.17) is 0 Å². The van der Waals surface area contributed by atoms with Crippen LogP contribution in [0, 0.1) is 5.92 Å². The molecule has 0 aromatic heterocycles. The van der Waals surface area contributed by atoms with Gasteiger partial charge in [0.05, 0.1) is 14.2 Å². The molecule has 0 aromatic carbocycles. The van der Waals surface area contributed by atoms with Gasteiger partial charge in [-0.15, -0.1) is 0 Å². The zero-order valence-corrected chi connectivity index (χ0v) is 17.7. The highest BCUT2D eigenvalue weighted by molar-refractivity contribution is 5.94. The van der Waals surface area contributed by atoms with Gasteiger partial charge in [0.2, 0.25) is 0 Å². The summed E-state index contributed by atoms with van der Waals surface area (Å²) >= 11 is 0. The van der Waals surface area contributed by atoms with Gasteiger partial charge in [0.25, 0.3) is 0 Å². The van der Waals surface area contributed by atoms with Crippen LogP contribution in [0.1, 0.15) is 90.4 Å². The highest BCUT2D eigenvalue weighted by Gasteiger charge is 2.27. The van der Waals surface area contributed by atoms with Crippen molar-refractivity contribution < 1.29 is 19.1 Å². The molecule has 0 unspecified atom stereocenters. The Morgan fingerprint density at radius 3 is 1.70 bits per heavy atom. The number of rotatable bonds is 17. The smallest absolute Gasteiger partial charge is 0.320 e. The van der Waals surface area contributed by atoms with Gasteiger partial charge in [-0.05, 0) is 38.5 Å². The number of carbonyl (C=O) groups excluding carboxylic acids is 2. The topological polar surface area (TPSA) is 52.6 Å². The van der Waals surface area contributed by atoms with E-state index in [1.807, 2.05) is 0 Å². The number of allylic oxidation sites excluding steroid dienone is 4. The van der Waals surface area contributed by atoms with E-state index >= 15 is 0 Å². The van der Waals surface area contributed by atoms with Gasteiger partial charge < -0.3 is 9.47 Å². The fourth-order valence-electron chi connectivity index (χ4n) is 2.95. The molecule has 0 saturated heterocycles. The number of unbranched alkanes of at least 4 members (excludes halogenated alkanes) is 9. The van der Waals surface area contributed by atoms with Crippen molar-refractivity contribution in [3.63, 3.8) is 0 Å². The number of carbonyl (C=O) groups is 2. The van der Waals surface area contributed by atoms with Crippen molar-refractivity contribution in [2.24, 2.45) is 5.92 Å². The molecule has 0 saturated carbocycles. The molecular formula is C23H40O4. The van der Waals surface area contributed by atoms with Crippen LogP contribution in [-0.2, 0) is 19.1 Å². The van der Waals surface area contributed by atoms with E-state index in [-0.39, 0.29) is 0 Å². The van der Waals surface area contributed by atoms with E-state index in [2.05, 4.69) is 40.7 Å². The maximum Gasteiger partial charge on any atom is 0.320 e. The lowest BCUT2D eigenvalue weighted by Gasteiger charge is -2.11. The molecule has 0 atom stereocenters. The minimum Gasteiger partial charge on any atom is -0.468 e. The largest absolute Gasteiger partial charge is 0.468 e. The van der Waals surface area contributed by atoms with Crippen LogP contribution in [0.5, 0.6) is 0 Å². The summed E-state index contributed by atoms with van der Waals surface area (Å²) in [7, 11) is 2.60. The fraction of sp³-hybridized carbons (Fsp3) is 0.739. The van der Waals surface area contributed by atoms with Crippen LogP contribution in [-0.4, -0.2) is 26.2 Å². The zero-order chi connectivity index (χ0) is 20.2. The Labute approximate surface area is 166 Å². The van der Waals surface area contributed by atoms with Gasteiger partial charge in [0.1, 0.15) is 0 Å². The van der Waals surface area contributed by atoms with Gasteiger partial charge in [0, 0.05) is 0 Å². The summed E-state index contributed by atoms with van der Waals surface area (Å²) in [5, 5.41) is 0. The van der Waals surface area contributed by atoms with Crippen LogP contribution in [0.4, 0.5) is 0 Å². The van der Waals surface area contributed by atoms with Crippen molar-refractivity contribution in [2.45, 2.75) is 90.4 Å². The fourth-order valence-corrected chi connectivity index (χ4v) is 2.95. The molecule has 0 aliphatic heterocycles. The van der Waals surface area contributed by atoms with E-state index in [0.717, 1.165) is 32.1 Å². The van der Waals surface area contributed by atoms with E-state index in [1.165, 1.54) is 59.2 Å². The quantitative estimate of drug-likeness (QED) is 0.131. The second-order valence-electron chi connectivity index (χ2n) is 6.97. The standard InChI is InChI=1S/C23H40O4/c1-4-5-6-7-8-9-10-11-12-13-14-15-16-17-18-19-20-21(22(24)26-2)23(25)27-3/h8-9,11-12,21H,4-7,10,13-20H2,1-3H3/b9-8-,12-11-. The molecule has 0 spiro atoms. The van der Waals surface area contributed by atoms with Crippen LogP contribution in [0.3, 0.4) is 0 Å². The van der Waals surface area contributed by atoms with Crippen molar-refractivity contribution in [2.75, 3.05) is 14.2 Å². The first-order valence-corrected chi connectivity index (χ1v) is 10.6. The van der Waals surface area contributed by atoms with Crippen molar-refractivity contribution in [1.82, 2.24) is 0 Å². The lowest BCUT2D eigenvalue weighted by molar-refractivity contribution is -0.159. The molecule has 4 nitrogen and oxygen atoms in total. The highest BCUT2D eigenvalue weighted by atomic mass is 16.5. The molecule has 0 amide bonds. The van der Waals surface area contributed by atoms with Gasteiger partial charge >= 0.3 is 11.9 Å². The minimum absolute atomic E-state index is 0.496. The number of hydrogen-bond donors (Lipinski definition) is 0. The molecule has 0 N–H and O–H groups in total. The monoisotopic (exact) mass is 380 g/mol. The summed E-state index contributed by atoms with van der Waals surface area (Å²) in [6.45, 7) is 2.23. The van der Waals surface area contributed by atoms with E-state index in [9.17, 15) is 9.59 Å². The highest BCUT2D eigenvalue weighted by Crippen LogP contribution is 2.15. The second-order valence-corrected chi connectivity index (χ2v) is 6.97. The SMILES string of the molecule is CCCCC/C=C\C/C=C\CCCCCCCCC(C(=O)OC)C(=O)OC. The third-order valence-electron chi connectivity index (χ3n) is 4.66. The minimum atomic E-state index is -0.772. The molecule has 27 heavy (non-hydrogen) atoms. The Kier molecular flexibility index (Phi) is 18.1. The predicted molar refractivity (Wildman–Crippen MR) is 111 cm³/mol. The molecule has 0 aliphatic rings. The molecule has 0 aromatic rings. The summed E-state index contributed by atoms with van der Waals surface area (Å²) < 4.78 is 9.33. The van der Waals surface area contributed by atoms with Crippen LogP contribution < -0.4 is 0 Å². The maximum atomic E-state index is 11.6. The lowest BCUT2D eigenvalue weighted by atomic mass is 10.00. The molecule has 0 radical (unpaired) electrons.